The predicted molar refractivity (Wildman–Crippen MR) is 101 cm³/mol. The highest BCUT2D eigenvalue weighted by Crippen LogP contribution is 2.18. The van der Waals surface area contributed by atoms with Crippen LogP contribution in [0.5, 0.6) is 0 Å². The third-order valence-corrected chi connectivity index (χ3v) is 6.78. The van der Waals surface area contributed by atoms with E-state index < -0.39 is 10.0 Å². The van der Waals surface area contributed by atoms with E-state index in [4.69, 9.17) is 0 Å². The van der Waals surface area contributed by atoms with Crippen molar-refractivity contribution in [1.82, 2.24) is 14.9 Å². The average molecular weight is 390 g/mol. The minimum absolute atomic E-state index is 0. The molecule has 1 atom stereocenters. The molecule has 1 aliphatic heterocycles. The number of nitrogens with zero attached hydrogens (tertiary/aromatic N) is 1. The van der Waals surface area contributed by atoms with Crippen molar-refractivity contribution >= 4 is 28.3 Å². The molecular formula is C17H28ClN3O3S. The summed E-state index contributed by atoms with van der Waals surface area (Å²) in [6, 6.07) is 6.58. The van der Waals surface area contributed by atoms with Crippen LogP contribution in [0, 0.1) is 11.8 Å². The fourth-order valence-electron chi connectivity index (χ4n) is 2.45. The summed E-state index contributed by atoms with van der Waals surface area (Å²) in [6.45, 7) is 7.80. The molecule has 0 aliphatic carbocycles. The zero-order valence-electron chi connectivity index (χ0n) is 15.2. The van der Waals surface area contributed by atoms with Crippen LogP contribution in [0.3, 0.4) is 0 Å². The number of nitrogens with one attached hydrogen (secondary N) is 2. The summed E-state index contributed by atoms with van der Waals surface area (Å²) in [5, 5.41) is 6.09. The average Bonchev–Trinajstić information content (AvgIpc) is 2.50. The Bertz CT molecular complexity index is 673. The molecule has 25 heavy (non-hydrogen) atoms. The van der Waals surface area contributed by atoms with Crippen LogP contribution in [0.25, 0.3) is 0 Å². The molecule has 1 fully saturated rings. The Labute approximate surface area is 156 Å². The zero-order valence-corrected chi connectivity index (χ0v) is 16.8. The van der Waals surface area contributed by atoms with Gasteiger partial charge in [0.15, 0.2) is 0 Å². The molecule has 0 bridgehead atoms. The van der Waals surface area contributed by atoms with Gasteiger partial charge in [-0.1, -0.05) is 19.1 Å². The number of amides is 1. The van der Waals surface area contributed by atoms with E-state index in [1.54, 1.807) is 31.3 Å². The first-order chi connectivity index (χ1) is 11.2. The van der Waals surface area contributed by atoms with Crippen LogP contribution in [0.2, 0.25) is 0 Å². The topological polar surface area (TPSA) is 78.5 Å². The molecule has 0 radical (unpaired) electrons. The smallest absolute Gasteiger partial charge is 0.243 e. The highest BCUT2D eigenvalue weighted by molar-refractivity contribution is 7.89. The van der Waals surface area contributed by atoms with E-state index in [9.17, 15) is 13.2 Å². The van der Waals surface area contributed by atoms with Crippen LogP contribution in [-0.2, 0) is 21.4 Å². The van der Waals surface area contributed by atoms with Gasteiger partial charge in [-0.25, -0.2) is 8.42 Å². The molecule has 1 aromatic carbocycles. The summed E-state index contributed by atoms with van der Waals surface area (Å²) in [7, 11) is -1.89. The molecule has 0 aromatic heterocycles. The number of hydrogen-bond acceptors (Lipinski definition) is 4. The van der Waals surface area contributed by atoms with Crippen molar-refractivity contribution in [3.63, 3.8) is 0 Å². The van der Waals surface area contributed by atoms with Crippen molar-refractivity contribution in [2.75, 3.05) is 20.1 Å². The lowest BCUT2D eigenvalue weighted by Gasteiger charge is -2.31. The monoisotopic (exact) mass is 389 g/mol. The SMILES string of the molecule is CC(C(=O)NCc1ccc(S(=O)(=O)N(C)C(C)C)cc1)C1CNC1.Cl. The van der Waals surface area contributed by atoms with E-state index in [2.05, 4.69) is 10.6 Å². The van der Waals surface area contributed by atoms with Gasteiger partial charge in [-0.2, -0.15) is 4.31 Å². The Kier molecular flexibility index (Phi) is 7.87. The van der Waals surface area contributed by atoms with Crippen molar-refractivity contribution < 1.29 is 13.2 Å². The number of benzene rings is 1. The molecule has 1 saturated heterocycles. The summed E-state index contributed by atoms with van der Waals surface area (Å²) in [5.41, 5.74) is 0.883. The van der Waals surface area contributed by atoms with Gasteiger partial charge in [0.05, 0.1) is 4.90 Å². The first kappa shape index (κ1) is 21.9. The number of halogens is 1. The first-order valence-electron chi connectivity index (χ1n) is 8.29. The van der Waals surface area contributed by atoms with Gasteiger partial charge in [0.1, 0.15) is 0 Å². The minimum Gasteiger partial charge on any atom is -0.352 e. The Hall–Kier alpha value is -1.15. The third-order valence-electron chi connectivity index (χ3n) is 4.73. The van der Waals surface area contributed by atoms with E-state index in [-0.39, 0.29) is 35.2 Å². The number of rotatable bonds is 7. The molecule has 8 heteroatoms. The normalized spacial score (nSPS) is 16.2. The van der Waals surface area contributed by atoms with Gasteiger partial charge in [-0.05, 0) is 50.6 Å². The third kappa shape index (κ3) is 5.17. The molecule has 2 N–H and O–H groups in total. The molecule has 6 nitrogen and oxygen atoms in total. The molecule has 0 saturated carbocycles. The van der Waals surface area contributed by atoms with Crippen LogP contribution < -0.4 is 10.6 Å². The van der Waals surface area contributed by atoms with Crippen molar-refractivity contribution in [1.29, 1.82) is 0 Å². The summed E-state index contributed by atoms with van der Waals surface area (Å²) >= 11 is 0. The zero-order chi connectivity index (χ0) is 17.9. The van der Waals surface area contributed by atoms with Gasteiger partial charge in [0, 0.05) is 25.6 Å². The highest BCUT2D eigenvalue weighted by atomic mass is 35.5. The maximum absolute atomic E-state index is 12.4. The van der Waals surface area contributed by atoms with Gasteiger partial charge in [0.25, 0.3) is 0 Å². The Morgan fingerprint density at radius 3 is 2.24 bits per heavy atom. The second kappa shape index (κ2) is 8.98. The van der Waals surface area contributed by atoms with Crippen LogP contribution in [0.4, 0.5) is 0 Å². The van der Waals surface area contributed by atoms with Gasteiger partial charge in [-0.3, -0.25) is 4.79 Å². The molecule has 142 valence electrons. The lowest BCUT2D eigenvalue weighted by atomic mass is 9.88. The van der Waals surface area contributed by atoms with Crippen molar-refractivity contribution in [2.45, 2.75) is 38.3 Å². The summed E-state index contributed by atoms with van der Waals surface area (Å²) in [5.74, 6) is 0.437. The van der Waals surface area contributed by atoms with Gasteiger partial charge in [0.2, 0.25) is 15.9 Å². The fourth-order valence-corrected chi connectivity index (χ4v) is 3.82. The van der Waals surface area contributed by atoms with Crippen molar-refractivity contribution in [3.8, 4) is 0 Å². The van der Waals surface area contributed by atoms with Crippen LogP contribution in [0.1, 0.15) is 26.3 Å². The lowest BCUT2D eigenvalue weighted by molar-refractivity contribution is -0.126. The molecule has 1 aliphatic rings. The van der Waals surface area contributed by atoms with E-state index >= 15 is 0 Å². The molecule has 2 rings (SSSR count). The molecule has 1 aromatic rings. The maximum Gasteiger partial charge on any atom is 0.243 e. The number of sulfonamides is 1. The van der Waals surface area contributed by atoms with Crippen molar-refractivity contribution in [2.24, 2.45) is 11.8 Å². The van der Waals surface area contributed by atoms with E-state index in [0.29, 0.717) is 12.5 Å². The van der Waals surface area contributed by atoms with E-state index in [1.807, 2.05) is 20.8 Å². The van der Waals surface area contributed by atoms with Gasteiger partial charge >= 0.3 is 0 Å². The molecular weight excluding hydrogens is 362 g/mol. The largest absolute Gasteiger partial charge is 0.352 e. The maximum atomic E-state index is 12.4. The van der Waals surface area contributed by atoms with E-state index in [1.165, 1.54) is 4.31 Å². The number of carbonyl (C=O) groups is 1. The van der Waals surface area contributed by atoms with Crippen LogP contribution >= 0.6 is 12.4 Å². The fraction of sp³-hybridized carbons (Fsp3) is 0.588. The summed E-state index contributed by atoms with van der Waals surface area (Å²) < 4.78 is 26.2. The minimum atomic E-state index is -3.47. The molecule has 1 amide bonds. The number of carbonyl (C=O) groups excluding carboxylic acids is 1. The van der Waals surface area contributed by atoms with Gasteiger partial charge < -0.3 is 10.6 Å². The van der Waals surface area contributed by atoms with Crippen molar-refractivity contribution in [3.05, 3.63) is 29.8 Å². The standard InChI is InChI=1S/C17H27N3O3S.ClH/c1-12(2)20(4)24(22,23)16-7-5-14(6-8-16)9-19-17(21)13(3)15-10-18-11-15;/h5-8,12-13,15,18H,9-11H2,1-4H3,(H,19,21);1H. The first-order valence-corrected chi connectivity index (χ1v) is 9.73. The van der Waals surface area contributed by atoms with Crippen LogP contribution in [-0.4, -0.2) is 44.8 Å². The highest BCUT2D eigenvalue weighted by Gasteiger charge is 2.28. The predicted octanol–water partition coefficient (Wildman–Crippen LogP) is 1.61. The second-order valence-electron chi connectivity index (χ2n) is 6.68. The molecule has 0 spiro atoms. The van der Waals surface area contributed by atoms with Crippen LogP contribution in [0.15, 0.2) is 29.2 Å². The van der Waals surface area contributed by atoms with Gasteiger partial charge in [-0.15, -0.1) is 12.4 Å². The van der Waals surface area contributed by atoms with E-state index in [0.717, 1.165) is 18.7 Å². The second-order valence-corrected chi connectivity index (χ2v) is 8.68. The quantitative estimate of drug-likeness (QED) is 0.742. The summed E-state index contributed by atoms with van der Waals surface area (Å²) in [6.07, 6.45) is 0. The number of hydrogen-bond donors (Lipinski definition) is 2. The Morgan fingerprint density at radius 2 is 1.80 bits per heavy atom. The Morgan fingerprint density at radius 1 is 1.24 bits per heavy atom. The lowest BCUT2D eigenvalue weighted by Crippen LogP contribution is -2.49. The molecule has 1 heterocycles. The molecule has 1 unspecified atom stereocenters. The Balaban J connectivity index is 0.00000312. The summed E-state index contributed by atoms with van der Waals surface area (Å²) in [4.78, 5) is 12.4.